The number of hydrogen-bond acceptors (Lipinski definition) is 5. The quantitative estimate of drug-likeness (QED) is 0.804. The van der Waals surface area contributed by atoms with Gasteiger partial charge in [-0.2, -0.15) is 4.31 Å². The molecule has 1 aromatic carbocycles. The maximum absolute atomic E-state index is 13.1. The fourth-order valence-electron chi connectivity index (χ4n) is 3.96. The van der Waals surface area contributed by atoms with Gasteiger partial charge < -0.3 is 14.8 Å². The van der Waals surface area contributed by atoms with Crippen LogP contribution in [0.3, 0.4) is 0 Å². The van der Waals surface area contributed by atoms with Crippen LogP contribution in [0.15, 0.2) is 41.8 Å². The van der Waals surface area contributed by atoms with E-state index in [0.717, 1.165) is 5.69 Å². The SMILES string of the molecule is O=C(C1CCN(S(=O)(=O)c2cnc[nH]2)CC1)N1CCN(c2ccc(F)cc2)CC1. The molecule has 0 unspecified atom stereocenters. The first kappa shape index (κ1) is 19.8. The number of H-pyrrole nitrogens is 1. The molecular formula is C19H24FN5O3S. The molecular weight excluding hydrogens is 397 g/mol. The molecule has 0 spiro atoms. The van der Waals surface area contributed by atoms with Crippen LogP contribution in [0.4, 0.5) is 10.1 Å². The van der Waals surface area contributed by atoms with Gasteiger partial charge in [0.25, 0.3) is 10.0 Å². The van der Waals surface area contributed by atoms with E-state index in [2.05, 4.69) is 14.9 Å². The fourth-order valence-corrected chi connectivity index (χ4v) is 5.33. The number of hydrogen-bond donors (Lipinski definition) is 1. The molecule has 1 N–H and O–H groups in total. The van der Waals surface area contributed by atoms with E-state index in [1.54, 1.807) is 12.1 Å². The van der Waals surface area contributed by atoms with Crippen LogP contribution in [0.5, 0.6) is 0 Å². The van der Waals surface area contributed by atoms with Crippen LogP contribution >= 0.6 is 0 Å². The standard InChI is InChI=1S/C19H24FN5O3S/c20-16-1-3-17(4-2-16)23-9-11-24(12-10-23)19(26)15-5-7-25(8-6-15)29(27,28)18-13-21-14-22-18/h1-4,13-15H,5-12H2,(H,21,22). The minimum Gasteiger partial charge on any atom is -0.368 e. The number of nitrogens with one attached hydrogen (secondary N) is 1. The molecule has 0 radical (unpaired) electrons. The minimum atomic E-state index is -3.58. The summed E-state index contributed by atoms with van der Waals surface area (Å²) in [5.41, 5.74) is 0.954. The molecule has 2 aliphatic rings. The third kappa shape index (κ3) is 4.13. The third-order valence-corrected chi connectivity index (χ3v) is 7.50. The number of piperazine rings is 1. The van der Waals surface area contributed by atoms with Crippen molar-refractivity contribution in [2.45, 2.75) is 17.9 Å². The molecule has 8 nitrogen and oxygen atoms in total. The number of carbonyl (C=O) groups is 1. The smallest absolute Gasteiger partial charge is 0.260 e. The first-order valence-electron chi connectivity index (χ1n) is 9.73. The van der Waals surface area contributed by atoms with Gasteiger partial charge in [0, 0.05) is 50.9 Å². The normalized spacial score (nSPS) is 19.5. The van der Waals surface area contributed by atoms with E-state index in [0.29, 0.717) is 52.1 Å². The van der Waals surface area contributed by atoms with Crippen molar-refractivity contribution in [3.63, 3.8) is 0 Å². The number of amides is 1. The van der Waals surface area contributed by atoms with Crippen LogP contribution < -0.4 is 4.90 Å². The van der Waals surface area contributed by atoms with Gasteiger partial charge in [0.05, 0.1) is 12.5 Å². The monoisotopic (exact) mass is 421 g/mol. The molecule has 0 aliphatic carbocycles. The highest BCUT2D eigenvalue weighted by Crippen LogP contribution is 2.25. The van der Waals surface area contributed by atoms with E-state index in [1.165, 1.54) is 29.0 Å². The summed E-state index contributed by atoms with van der Waals surface area (Å²) >= 11 is 0. The Labute approximate surface area is 169 Å². The van der Waals surface area contributed by atoms with Gasteiger partial charge in [-0.3, -0.25) is 4.79 Å². The summed E-state index contributed by atoms with van der Waals surface area (Å²) in [6, 6.07) is 6.39. The Morgan fingerprint density at radius 2 is 1.69 bits per heavy atom. The van der Waals surface area contributed by atoms with Crippen molar-refractivity contribution in [1.29, 1.82) is 0 Å². The highest BCUT2D eigenvalue weighted by atomic mass is 32.2. The summed E-state index contributed by atoms with van der Waals surface area (Å²) in [7, 11) is -3.58. The van der Waals surface area contributed by atoms with Gasteiger partial charge in [0.1, 0.15) is 5.82 Å². The second kappa shape index (κ2) is 8.11. The molecule has 4 rings (SSSR count). The molecule has 3 heterocycles. The third-order valence-electron chi connectivity index (χ3n) is 5.68. The van der Waals surface area contributed by atoms with Crippen molar-refractivity contribution in [1.82, 2.24) is 19.2 Å². The lowest BCUT2D eigenvalue weighted by molar-refractivity contribution is -0.137. The summed E-state index contributed by atoms with van der Waals surface area (Å²) in [5, 5.41) is 0.0826. The van der Waals surface area contributed by atoms with E-state index < -0.39 is 10.0 Å². The molecule has 29 heavy (non-hydrogen) atoms. The number of benzene rings is 1. The second-order valence-electron chi connectivity index (χ2n) is 7.38. The van der Waals surface area contributed by atoms with Gasteiger partial charge >= 0.3 is 0 Å². The van der Waals surface area contributed by atoms with Gasteiger partial charge in [-0.05, 0) is 37.1 Å². The van der Waals surface area contributed by atoms with Crippen LogP contribution in [-0.4, -0.2) is 72.8 Å². The van der Waals surface area contributed by atoms with Crippen LogP contribution in [0, 0.1) is 11.7 Å². The number of aromatic amines is 1. The average molecular weight is 421 g/mol. The second-order valence-corrected chi connectivity index (χ2v) is 9.29. The zero-order chi connectivity index (χ0) is 20.4. The lowest BCUT2D eigenvalue weighted by Crippen LogP contribution is -2.52. The van der Waals surface area contributed by atoms with Crippen molar-refractivity contribution in [2.24, 2.45) is 5.92 Å². The van der Waals surface area contributed by atoms with Crippen molar-refractivity contribution in [3.05, 3.63) is 42.6 Å². The Hall–Kier alpha value is -2.46. The largest absolute Gasteiger partial charge is 0.368 e. The summed E-state index contributed by atoms with van der Waals surface area (Å²) in [5.74, 6) is -0.314. The number of aromatic nitrogens is 2. The van der Waals surface area contributed by atoms with Crippen LogP contribution in [0.2, 0.25) is 0 Å². The van der Waals surface area contributed by atoms with Crippen LogP contribution in [-0.2, 0) is 14.8 Å². The molecule has 0 saturated carbocycles. The van der Waals surface area contributed by atoms with E-state index in [-0.39, 0.29) is 22.7 Å². The maximum Gasteiger partial charge on any atom is 0.260 e. The lowest BCUT2D eigenvalue weighted by atomic mass is 9.96. The van der Waals surface area contributed by atoms with E-state index in [4.69, 9.17) is 0 Å². The Morgan fingerprint density at radius 3 is 2.28 bits per heavy atom. The summed E-state index contributed by atoms with van der Waals surface area (Å²) < 4.78 is 39.6. The number of nitrogens with zero attached hydrogens (tertiary/aromatic N) is 4. The number of imidazole rings is 1. The zero-order valence-electron chi connectivity index (χ0n) is 16.0. The first-order chi connectivity index (χ1) is 13.9. The maximum atomic E-state index is 13.1. The molecule has 0 atom stereocenters. The zero-order valence-corrected chi connectivity index (χ0v) is 16.8. The Kier molecular flexibility index (Phi) is 5.55. The summed E-state index contributed by atoms with van der Waals surface area (Å²) in [6.07, 6.45) is 3.68. The molecule has 10 heteroatoms. The van der Waals surface area contributed by atoms with Crippen molar-refractivity contribution < 1.29 is 17.6 Å². The summed E-state index contributed by atoms with van der Waals surface area (Å²) in [4.78, 5) is 23.3. The number of piperidine rings is 1. The van der Waals surface area contributed by atoms with Crippen LogP contribution in [0.25, 0.3) is 0 Å². The number of halogens is 1. The van der Waals surface area contributed by atoms with Crippen molar-refractivity contribution in [2.75, 3.05) is 44.2 Å². The molecule has 2 aromatic rings. The molecule has 1 amide bonds. The number of sulfonamides is 1. The van der Waals surface area contributed by atoms with Gasteiger partial charge in [-0.1, -0.05) is 0 Å². The Bertz CT molecular complexity index is 933. The van der Waals surface area contributed by atoms with Crippen LogP contribution in [0.1, 0.15) is 12.8 Å². The molecule has 2 aliphatic heterocycles. The highest BCUT2D eigenvalue weighted by Gasteiger charge is 2.35. The molecule has 156 valence electrons. The Balaban J connectivity index is 1.30. The summed E-state index contributed by atoms with van der Waals surface area (Å²) in [6.45, 7) is 3.28. The Morgan fingerprint density at radius 1 is 1.03 bits per heavy atom. The predicted molar refractivity (Wildman–Crippen MR) is 105 cm³/mol. The van der Waals surface area contributed by atoms with Gasteiger partial charge in [0.15, 0.2) is 5.03 Å². The molecule has 2 saturated heterocycles. The highest BCUT2D eigenvalue weighted by molar-refractivity contribution is 7.89. The van der Waals surface area contributed by atoms with E-state index >= 15 is 0 Å². The molecule has 0 bridgehead atoms. The van der Waals surface area contributed by atoms with Gasteiger partial charge in [-0.25, -0.2) is 17.8 Å². The number of rotatable bonds is 4. The predicted octanol–water partition coefficient (Wildman–Crippen LogP) is 1.30. The lowest BCUT2D eigenvalue weighted by Gasteiger charge is -2.39. The fraction of sp³-hybridized carbons (Fsp3) is 0.474. The van der Waals surface area contributed by atoms with Gasteiger partial charge in [0.2, 0.25) is 5.91 Å². The van der Waals surface area contributed by atoms with Crippen molar-refractivity contribution in [3.8, 4) is 0 Å². The van der Waals surface area contributed by atoms with E-state index in [9.17, 15) is 17.6 Å². The van der Waals surface area contributed by atoms with Crippen molar-refractivity contribution >= 4 is 21.6 Å². The molecule has 1 aromatic heterocycles. The van der Waals surface area contributed by atoms with Gasteiger partial charge in [-0.15, -0.1) is 0 Å². The average Bonchev–Trinajstić information content (AvgIpc) is 3.30. The molecule has 2 fully saturated rings. The topological polar surface area (TPSA) is 89.6 Å². The first-order valence-corrected chi connectivity index (χ1v) is 11.2. The minimum absolute atomic E-state index is 0.0826. The van der Waals surface area contributed by atoms with E-state index in [1.807, 2.05) is 4.90 Å². The number of anilines is 1. The number of carbonyl (C=O) groups excluding carboxylic acids is 1.